The molecule has 4 nitrogen and oxygen atoms in total. The van der Waals surface area contributed by atoms with Crippen LogP contribution in [0.4, 0.5) is 5.69 Å². The number of hydrogen-bond donors (Lipinski definition) is 2. The van der Waals surface area contributed by atoms with Crippen LogP contribution in [0.2, 0.25) is 0 Å². The Kier molecular flexibility index (Phi) is 4.93. The average Bonchev–Trinajstić information content (AvgIpc) is 3.22. The predicted molar refractivity (Wildman–Crippen MR) is 74.0 cm³/mol. The maximum Gasteiger partial charge on any atom is 0.253 e. The SMILES string of the molecule is CC(OCC1CC1)C(=O)Nc1ccc(CCO)cc1. The van der Waals surface area contributed by atoms with Gasteiger partial charge in [0.15, 0.2) is 0 Å². The highest BCUT2D eigenvalue weighted by Gasteiger charge is 2.24. The number of rotatable bonds is 7. The van der Waals surface area contributed by atoms with Crippen LogP contribution in [-0.4, -0.2) is 30.3 Å². The molecule has 1 amide bonds. The molecule has 0 bridgehead atoms. The van der Waals surface area contributed by atoms with Crippen LogP contribution in [-0.2, 0) is 16.0 Å². The Balaban J connectivity index is 1.79. The molecule has 0 heterocycles. The van der Waals surface area contributed by atoms with E-state index in [9.17, 15) is 4.79 Å². The predicted octanol–water partition coefficient (Wildman–Crippen LogP) is 1.98. The molecule has 0 aromatic heterocycles. The largest absolute Gasteiger partial charge is 0.396 e. The van der Waals surface area contributed by atoms with E-state index in [1.807, 2.05) is 24.3 Å². The lowest BCUT2D eigenvalue weighted by molar-refractivity contribution is -0.126. The smallest absolute Gasteiger partial charge is 0.253 e. The second-order valence-corrected chi connectivity index (χ2v) is 5.08. The molecule has 0 radical (unpaired) electrons. The van der Waals surface area contributed by atoms with Crippen LogP contribution >= 0.6 is 0 Å². The van der Waals surface area contributed by atoms with Crippen molar-refractivity contribution < 1.29 is 14.6 Å². The standard InChI is InChI=1S/C15H21NO3/c1-11(19-10-13-2-3-13)15(18)16-14-6-4-12(5-7-14)8-9-17/h4-7,11,13,17H,2-3,8-10H2,1H3,(H,16,18). The van der Waals surface area contributed by atoms with E-state index in [1.165, 1.54) is 12.8 Å². The molecule has 1 aliphatic rings. The fourth-order valence-electron chi connectivity index (χ4n) is 1.77. The Labute approximate surface area is 113 Å². The van der Waals surface area contributed by atoms with Gasteiger partial charge in [0.05, 0.1) is 6.61 Å². The topological polar surface area (TPSA) is 58.6 Å². The first-order valence-electron chi connectivity index (χ1n) is 6.81. The summed E-state index contributed by atoms with van der Waals surface area (Å²) in [6.45, 7) is 2.60. The number of nitrogens with one attached hydrogen (secondary N) is 1. The summed E-state index contributed by atoms with van der Waals surface area (Å²) in [5, 5.41) is 11.7. The first-order valence-corrected chi connectivity index (χ1v) is 6.81. The molecular formula is C15H21NO3. The lowest BCUT2D eigenvalue weighted by Crippen LogP contribution is -2.28. The fraction of sp³-hybridized carbons (Fsp3) is 0.533. The third-order valence-corrected chi connectivity index (χ3v) is 3.27. The van der Waals surface area contributed by atoms with Crippen molar-refractivity contribution in [2.45, 2.75) is 32.3 Å². The van der Waals surface area contributed by atoms with Crippen LogP contribution in [0, 0.1) is 5.92 Å². The average molecular weight is 263 g/mol. The lowest BCUT2D eigenvalue weighted by atomic mass is 10.1. The van der Waals surface area contributed by atoms with Gasteiger partial charge in [-0.05, 0) is 49.8 Å². The van der Waals surface area contributed by atoms with Gasteiger partial charge in [0.2, 0.25) is 0 Å². The van der Waals surface area contributed by atoms with Gasteiger partial charge in [-0.3, -0.25) is 4.79 Å². The zero-order valence-electron chi connectivity index (χ0n) is 11.3. The van der Waals surface area contributed by atoms with Crippen molar-refractivity contribution in [2.75, 3.05) is 18.5 Å². The molecule has 4 heteroatoms. The van der Waals surface area contributed by atoms with E-state index in [4.69, 9.17) is 9.84 Å². The van der Waals surface area contributed by atoms with Crippen LogP contribution in [0.1, 0.15) is 25.3 Å². The number of aliphatic hydroxyl groups excluding tert-OH is 1. The number of carbonyl (C=O) groups is 1. The normalized spacial score (nSPS) is 16.1. The summed E-state index contributed by atoms with van der Waals surface area (Å²) >= 11 is 0. The highest BCUT2D eigenvalue weighted by atomic mass is 16.5. The lowest BCUT2D eigenvalue weighted by Gasteiger charge is -2.13. The molecule has 2 N–H and O–H groups in total. The summed E-state index contributed by atoms with van der Waals surface area (Å²) < 4.78 is 5.52. The van der Waals surface area contributed by atoms with Crippen molar-refractivity contribution in [1.82, 2.24) is 0 Å². The van der Waals surface area contributed by atoms with Gasteiger partial charge in [0, 0.05) is 12.3 Å². The second kappa shape index (κ2) is 6.68. The third-order valence-electron chi connectivity index (χ3n) is 3.27. The van der Waals surface area contributed by atoms with Gasteiger partial charge < -0.3 is 15.2 Å². The van der Waals surface area contributed by atoms with Gasteiger partial charge >= 0.3 is 0 Å². The number of hydrogen-bond acceptors (Lipinski definition) is 3. The van der Waals surface area contributed by atoms with Crippen molar-refractivity contribution >= 4 is 11.6 Å². The molecule has 1 aliphatic carbocycles. The Morgan fingerprint density at radius 3 is 2.68 bits per heavy atom. The quantitative estimate of drug-likeness (QED) is 0.790. The molecule has 19 heavy (non-hydrogen) atoms. The van der Waals surface area contributed by atoms with Crippen molar-refractivity contribution in [3.05, 3.63) is 29.8 Å². The highest BCUT2D eigenvalue weighted by Crippen LogP contribution is 2.29. The van der Waals surface area contributed by atoms with Crippen LogP contribution in [0.15, 0.2) is 24.3 Å². The minimum atomic E-state index is -0.419. The Hall–Kier alpha value is -1.39. The number of benzene rings is 1. The van der Waals surface area contributed by atoms with Crippen molar-refractivity contribution in [2.24, 2.45) is 5.92 Å². The van der Waals surface area contributed by atoms with Gasteiger partial charge in [0.1, 0.15) is 6.10 Å². The molecule has 0 saturated heterocycles. The zero-order chi connectivity index (χ0) is 13.7. The molecule has 0 aliphatic heterocycles. The molecule has 1 aromatic carbocycles. The van der Waals surface area contributed by atoms with Gasteiger partial charge in [-0.1, -0.05) is 12.1 Å². The minimum absolute atomic E-state index is 0.115. The van der Waals surface area contributed by atoms with Gasteiger partial charge in [-0.2, -0.15) is 0 Å². The van der Waals surface area contributed by atoms with Crippen LogP contribution < -0.4 is 5.32 Å². The zero-order valence-corrected chi connectivity index (χ0v) is 11.3. The minimum Gasteiger partial charge on any atom is -0.396 e. The van der Waals surface area contributed by atoms with Gasteiger partial charge in [-0.25, -0.2) is 0 Å². The number of ether oxygens (including phenoxy) is 1. The summed E-state index contributed by atoms with van der Waals surface area (Å²) in [5.74, 6) is 0.545. The molecule has 1 fully saturated rings. The summed E-state index contributed by atoms with van der Waals surface area (Å²) in [6.07, 6.45) is 2.66. The van der Waals surface area contributed by atoms with Crippen molar-refractivity contribution in [3.8, 4) is 0 Å². The molecule has 2 rings (SSSR count). The van der Waals surface area contributed by atoms with Crippen molar-refractivity contribution in [3.63, 3.8) is 0 Å². The van der Waals surface area contributed by atoms with Crippen LogP contribution in [0.3, 0.4) is 0 Å². The summed E-state index contributed by atoms with van der Waals surface area (Å²) in [5.41, 5.74) is 1.81. The Morgan fingerprint density at radius 1 is 1.42 bits per heavy atom. The number of aliphatic hydroxyl groups is 1. The number of amides is 1. The third kappa shape index (κ3) is 4.65. The summed E-state index contributed by atoms with van der Waals surface area (Å²) in [6, 6.07) is 7.50. The molecule has 0 spiro atoms. The molecule has 104 valence electrons. The van der Waals surface area contributed by atoms with Crippen LogP contribution in [0.5, 0.6) is 0 Å². The van der Waals surface area contributed by atoms with E-state index in [1.54, 1.807) is 6.92 Å². The van der Waals surface area contributed by atoms with Crippen LogP contribution in [0.25, 0.3) is 0 Å². The maximum atomic E-state index is 11.9. The van der Waals surface area contributed by atoms with E-state index in [2.05, 4.69) is 5.32 Å². The van der Waals surface area contributed by atoms with Gasteiger partial charge in [0.25, 0.3) is 5.91 Å². The van der Waals surface area contributed by atoms with E-state index in [0.717, 1.165) is 11.3 Å². The van der Waals surface area contributed by atoms with Gasteiger partial charge in [-0.15, -0.1) is 0 Å². The first kappa shape index (κ1) is 14.0. The molecular weight excluding hydrogens is 242 g/mol. The Bertz CT molecular complexity index is 412. The maximum absolute atomic E-state index is 11.9. The van der Waals surface area contributed by atoms with E-state index >= 15 is 0 Å². The summed E-state index contributed by atoms with van der Waals surface area (Å²) in [4.78, 5) is 11.9. The molecule has 1 unspecified atom stereocenters. The first-order chi connectivity index (χ1) is 9.19. The molecule has 1 saturated carbocycles. The van der Waals surface area contributed by atoms with E-state index in [-0.39, 0.29) is 12.5 Å². The monoisotopic (exact) mass is 263 g/mol. The highest BCUT2D eigenvalue weighted by molar-refractivity contribution is 5.93. The summed E-state index contributed by atoms with van der Waals surface area (Å²) in [7, 11) is 0. The second-order valence-electron chi connectivity index (χ2n) is 5.08. The van der Waals surface area contributed by atoms with E-state index in [0.29, 0.717) is 18.9 Å². The Morgan fingerprint density at radius 2 is 2.11 bits per heavy atom. The molecule has 1 aromatic rings. The fourth-order valence-corrected chi connectivity index (χ4v) is 1.77. The van der Waals surface area contributed by atoms with E-state index < -0.39 is 6.10 Å². The molecule has 1 atom stereocenters. The van der Waals surface area contributed by atoms with Crippen molar-refractivity contribution in [1.29, 1.82) is 0 Å². The number of carbonyl (C=O) groups excluding carboxylic acids is 1. The number of anilines is 1.